The summed E-state index contributed by atoms with van der Waals surface area (Å²) in [6, 6.07) is 6.19. The number of unbranched alkanes of at least 4 members (excludes halogenated alkanes) is 2. The molecule has 1 aliphatic rings. The van der Waals surface area contributed by atoms with Crippen LogP contribution < -0.4 is 4.74 Å². The molecule has 0 aliphatic carbocycles. The molecule has 152 valence electrons. The molecule has 0 saturated carbocycles. The molecule has 2 atom stereocenters. The van der Waals surface area contributed by atoms with Crippen LogP contribution in [0.15, 0.2) is 18.2 Å². The van der Waals surface area contributed by atoms with Gasteiger partial charge in [0.2, 0.25) is 0 Å². The number of rotatable bonds is 10. The van der Waals surface area contributed by atoms with E-state index in [1.54, 1.807) is 0 Å². The number of hydrogen-bond acceptors (Lipinski definition) is 6. The molecule has 1 heterocycles. The Hall–Kier alpha value is -1.17. The number of fused-ring (bicyclic) bond motifs is 1. The summed E-state index contributed by atoms with van der Waals surface area (Å²) in [5, 5.41) is 0. The summed E-state index contributed by atoms with van der Waals surface area (Å²) in [6.45, 7) is 7.19. The first-order valence-electron chi connectivity index (χ1n) is 9.14. The standard InChI is InChI=1S/C18H27IO7Si/c1-4-24-27(3,5-2)12-8-6-7-9-17(20)25-14-10-11-16-15(13-14)18(21)26-19(16,22)23/h10-11,13H,4-9,12H2,1-3H3,(H,22,23). The average Bonchev–Trinajstić information content (AvgIpc) is 2.83. The number of carbonyl (C=O) groups is 2. The summed E-state index contributed by atoms with van der Waals surface area (Å²) >= 11 is -4.83. The third-order valence-corrected chi connectivity index (χ3v) is 11.9. The van der Waals surface area contributed by atoms with Crippen LogP contribution in [-0.2, 0) is 15.4 Å². The molecule has 0 bridgehead atoms. The topological polar surface area (TPSA) is 99.1 Å². The Kier molecular flexibility index (Phi) is 7.66. The summed E-state index contributed by atoms with van der Waals surface area (Å²) in [4.78, 5) is 23.6. The van der Waals surface area contributed by atoms with Gasteiger partial charge in [0.25, 0.3) is 0 Å². The van der Waals surface area contributed by atoms with Gasteiger partial charge >= 0.3 is 128 Å². The SMILES string of the molecule is CCO[Si](C)(CC)CCCCCC(=O)Oc1ccc2c(c1)C(=O)OI2(=O)O. The zero-order valence-corrected chi connectivity index (χ0v) is 19.1. The third kappa shape index (κ3) is 5.90. The van der Waals surface area contributed by atoms with Gasteiger partial charge in [-0.1, -0.05) is 6.92 Å². The molecular weight excluding hydrogens is 483 g/mol. The molecule has 1 aliphatic heterocycles. The van der Waals surface area contributed by atoms with Crippen molar-refractivity contribution in [1.82, 2.24) is 0 Å². The van der Waals surface area contributed by atoms with E-state index >= 15 is 0 Å². The molecule has 7 nitrogen and oxygen atoms in total. The number of esters is 1. The van der Waals surface area contributed by atoms with Crippen molar-refractivity contribution in [2.75, 3.05) is 6.61 Å². The molecule has 0 radical (unpaired) electrons. The molecule has 0 saturated heterocycles. The second-order valence-electron chi connectivity index (χ2n) is 6.72. The van der Waals surface area contributed by atoms with Crippen LogP contribution in [0.5, 0.6) is 5.75 Å². The summed E-state index contributed by atoms with van der Waals surface area (Å²) in [5.41, 5.74) is -0.00562. The van der Waals surface area contributed by atoms with E-state index in [0.717, 1.165) is 38.0 Å². The van der Waals surface area contributed by atoms with Crippen LogP contribution in [-0.4, -0.2) is 30.3 Å². The van der Waals surface area contributed by atoms with Gasteiger partial charge in [0.05, 0.1) is 0 Å². The van der Waals surface area contributed by atoms with E-state index in [1.807, 2.05) is 6.92 Å². The zero-order valence-electron chi connectivity index (χ0n) is 16.0. The van der Waals surface area contributed by atoms with Gasteiger partial charge in [-0.15, -0.1) is 0 Å². The summed E-state index contributed by atoms with van der Waals surface area (Å²) < 4.78 is 37.1. The summed E-state index contributed by atoms with van der Waals surface area (Å²) in [5.74, 6) is -1.06. The van der Waals surface area contributed by atoms with Crippen LogP contribution in [0.2, 0.25) is 18.6 Å². The van der Waals surface area contributed by atoms with E-state index in [2.05, 4.69) is 16.5 Å². The van der Waals surface area contributed by atoms with Crippen molar-refractivity contribution < 1.29 is 28.3 Å². The van der Waals surface area contributed by atoms with Crippen molar-refractivity contribution in [2.45, 2.75) is 58.2 Å². The molecule has 27 heavy (non-hydrogen) atoms. The molecule has 2 rings (SSSR count). The molecule has 0 spiro atoms. The van der Waals surface area contributed by atoms with Gasteiger partial charge in [-0.05, 0) is 19.5 Å². The molecule has 0 fully saturated rings. The average molecular weight is 510 g/mol. The normalized spacial score (nSPS) is 23.0. The fraction of sp³-hybridized carbons (Fsp3) is 0.556. The first-order valence-corrected chi connectivity index (χ1v) is 15.8. The Bertz CT molecular complexity index is 751. The zero-order chi connectivity index (χ0) is 20.1. The molecular formula is C18H27IO7Si. The van der Waals surface area contributed by atoms with Gasteiger partial charge in [-0.25, -0.2) is 0 Å². The predicted molar refractivity (Wildman–Crippen MR) is 110 cm³/mol. The van der Waals surface area contributed by atoms with E-state index < -0.39 is 33.5 Å². The molecule has 1 N–H and O–H groups in total. The Balaban J connectivity index is 1.78. The summed E-state index contributed by atoms with van der Waals surface area (Å²) in [6.07, 6.45) is 2.96. The molecule has 2 unspecified atom stereocenters. The Morgan fingerprint density at radius 1 is 1.26 bits per heavy atom. The van der Waals surface area contributed by atoms with Crippen LogP contribution >= 0.6 is 19.3 Å². The van der Waals surface area contributed by atoms with Crippen molar-refractivity contribution in [2.24, 2.45) is 0 Å². The maximum absolute atomic E-state index is 12.0. The second kappa shape index (κ2) is 9.35. The molecule has 0 aromatic heterocycles. The van der Waals surface area contributed by atoms with E-state index in [1.165, 1.54) is 18.2 Å². The molecule has 1 aromatic rings. The van der Waals surface area contributed by atoms with Crippen molar-refractivity contribution >= 4 is 39.5 Å². The van der Waals surface area contributed by atoms with Crippen molar-refractivity contribution in [3.05, 3.63) is 27.3 Å². The summed E-state index contributed by atoms with van der Waals surface area (Å²) in [7, 11) is -1.59. The monoisotopic (exact) mass is 510 g/mol. The fourth-order valence-electron chi connectivity index (χ4n) is 2.94. The first-order chi connectivity index (χ1) is 12.7. The van der Waals surface area contributed by atoms with Crippen molar-refractivity contribution in [1.29, 1.82) is 0 Å². The first kappa shape index (κ1) is 22.1. The van der Waals surface area contributed by atoms with Gasteiger partial charge < -0.3 is 4.43 Å². The Morgan fingerprint density at radius 3 is 2.67 bits per heavy atom. The van der Waals surface area contributed by atoms with Crippen LogP contribution in [0.25, 0.3) is 0 Å². The number of ether oxygens (including phenoxy) is 1. The minimum absolute atomic E-state index is 0.00383. The van der Waals surface area contributed by atoms with Gasteiger partial charge in [0, 0.05) is 6.61 Å². The van der Waals surface area contributed by atoms with Gasteiger partial charge in [-0.3, -0.25) is 0 Å². The van der Waals surface area contributed by atoms with Crippen LogP contribution in [0, 0.1) is 3.57 Å². The second-order valence-corrected chi connectivity index (χ2v) is 15.2. The third-order valence-electron chi connectivity index (χ3n) is 4.65. The maximum atomic E-state index is 12.0. The minimum atomic E-state index is -4.83. The van der Waals surface area contributed by atoms with E-state index in [4.69, 9.17) is 9.16 Å². The van der Waals surface area contributed by atoms with E-state index in [9.17, 15) is 16.1 Å². The van der Waals surface area contributed by atoms with Crippen LogP contribution in [0.1, 0.15) is 49.9 Å². The van der Waals surface area contributed by atoms with Crippen LogP contribution in [0.4, 0.5) is 0 Å². The predicted octanol–water partition coefficient (Wildman–Crippen LogP) is 4.33. The van der Waals surface area contributed by atoms with Gasteiger partial charge in [0.15, 0.2) is 0 Å². The number of halogens is 1. The Morgan fingerprint density at radius 2 is 2.00 bits per heavy atom. The molecule has 1 aromatic carbocycles. The number of carbonyl (C=O) groups excluding carboxylic acids is 2. The molecule has 0 amide bonds. The van der Waals surface area contributed by atoms with Gasteiger partial charge in [0.1, 0.15) is 0 Å². The van der Waals surface area contributed by atoms with E-state index in [0.29, 0.717) is 0 Å². The quantitative estimate of drug-likeness (QED) is 0.164. The molecule has 9 heteroatoms. The van der Waals surface area contributed by atoms with Crippen molar-refractivity contribution in [3.63, 3.8) is 0 Å². The van der Waals surface area contributed by atoms with Crippen molar-refractivity contribution in [3.8, 4) is 5.75 Å². The number of hydrogen-bond donors (Lipinski definition) is 1. The Labute approximate surface area is 165 Å². The van der Waals surface area contributed by atoms with E-state index in [-0.39, 0.29) is 27.3 Å². The fourth-order valence-corrected chi connectivity index (χ4v) is 8.10. The van der Waals surface area contributed by atoms with Crippen LogP contribution in [0.3, 0.4) is 0 Å². The number of benzene rings is 1. The van der Waals surface area contributed by atoms with Gasteiger partial charge in [-0.2, -0.15) is 0 Å².